The molecule has 0 N–H and O–H groups in total. The Labute approximate surface area is 244 Å². The Morgan fingerprint density at radius 2 is 1.46 bits per heavy atom. The van der Waals surface area contributed by atoms with Crippen LogP contribution in [0.1, 0.15) is 33.3 Å². The Kier molecular flexibility index (Phi) is 6.40. The molecular weight excluding hydrogens is 576 g/mol. The number of benzene rings is 4. The molecule has 0 fully saturated rings. The second-order valence-corrected chi connectivity index (χ2v) is 11.0. The molecule has 0 aliphatic rings. The summed E-state index contributed by atoms with van der Waals surface area (Å²) in [6, 6.07) is 33.7. The Morgan fingerprint density at radius 1 is 0.829 bits per heavy atom. The molecule has 200 valence electrons. The van der Waals surface area contributed by atoms with Gasteiger partial charge in [-0.15, -0.1) is 0 Å². The van der Waals surface area contributed by atoms with Crippen molar-refractivity contribution < 1.29 is 13.6 Å². The minimum Gasteiger partial charge on any atom is -0.456 e. The zero-order chi connectivity index (χ0) is 27.9. The summed E-state index contributed by atoms with van der Waals surface area (Å²) in [5.41, 5.74) is 6.09. The van der Waals surface area contributed by atoms with Crippen LogP contribution in [0.25, 0.3) is 38.5 Å². The average molecular weight is 602 g/mol. The number of Topliss-reactive ketones (excluding diaryl/α,β-unsaturated/α-hetero) is 1. The van der Waals surface area contributed by atoms with Crippen LogP contribution in [0.3, 0.4) is 0 Å². The van der Waals surface area contributed by atoms with E-state index in [4.69, 9.17) is 13.8 Å². The zero-order valence-electron chi connectivity index (χ0n) is 22.3. The number of halogens is 1. The third-order valence-electron chi connectivity index (χ3n) is 7.42. The Bertz CT molecular complexity index is 1950. The number of nitrogens with zero attached hydrogens (tertiary/aromatic N) is 2. The number of furan rings is 2. The summed E-state index contributed by atoms with van der Waals surface area (Å²) in [5, 5.41) is 2.07. The van der Waals surface area contributed by atoms with Gasteiger partial charge in [0.05, 0.1) is 23.2 Å². The normalized spacial score (nSPS) is 11.5. The van der Waals surface area contributed by atoms with E-state index in [1.165, 1.54) is 0 Å². The third-order valence-corrected chi connectivity index (χ3v) is 7.95. The van der Waals surface area contributed by atoms with Gasteiger partial charge in [-0.3, -0.25) is 4.79 Å². The molecule has 0 amide bonds. The molecule has 7 aromatic rings. The first kappa shape index (κ1) is 25.3. The molecule has 3 aromatic heterocycles. The highest BCUT2D eigenvalue weighted by Crippen LogP contribution is 2.33. The Hall–Kier alpha value is -4.68. The number of ketones is 1. The highest BCUT2D eigenvalue weighted by atomic mass is 79.9. The molecular formula is C35H25BrN2O3. The molecule has 5 nitrogen and oxygen atoms in total. The Balaban J connectivity index is 1.31. The maximum Gasteiger partial charge on any atom is 0.182 e. The van der Waals surface area contributed by atoms with Gasteiger partial charge in [-0.2, -0.15) is 0 Å². The molecule has 0 atom stereocenters. The van der Waals surface area contributed by atoms with Crippen molar-refractivity contribution in [2.24, 2.45) is 0 Å². The number of aromatic nitrogens is 2. The summed E-state index contributed by atoms with van der Waals surface area (Å²) in [6.45, 7) is 2.16. The number of imidazole rings is 1. The van der Waals surface area contributed by atoms with Crippen molar-refractivity contribution in [2.75, 3.05) is 0 Å². The van der Waals surface area contributed by atoms with E-state index in [1.807, 2.05) is 96.4 Å². The summed E-state index contributed by atoms with van der Waals surface area (Å²) in [4.78, 5) is 18.0. The number of rotatable bonds is 7. The predicted octanol–water partition coefficient (Wildman–Crippen LogP) is 9.16. The number of para-hydroxylation sites is 3. The van der Waals surface area contributed by atoms with Crippen molar-refractivity contribution in [3.8, 4) is 0 Å². The van der Waals surface area contributed by atoms with Crippen LogP contribution in [0, 0.1) is 6.92 Å². The van der Waals surface area contributed by atoms with E-state index in [9.17, 15) is 4.79 Å². The summed E-state index contributed by atoms with van der Waals surface area (Å²) in [7, 11) is 0. The second-order valence-electron chi connectivity index (χ2n) is 10.1. The standard InChI is InChI=1S/C35H25BrN2O3/c1-22-37-29-10-6-9-24(35(29)38(22)21-30(39)23-13-16-27(36)17-14-23)15-18-28(33-19-25-7-2-4-11-31(25)40-33)34-20-26-8-3-5-12-32(26)41-34/h2-14,16-20H,15,21H2,1H3. The van der Waals surface area contributed by atoms with Gasteiger partial charge in [0, 0.05) is 20.8 Å². The lowest BCUT2D eigenvalue weighted by atomic mass is 10.0. The molecule has 0 spiro atoms. The summed E-state index contributed by atoms with van der Waals surface area (Å²) >= 11 is 3.45. The van der Waals surface area contributed by atoms with E-state index in [0.29, 0.717) is 12.0 Å². The number of hydrogen-bond acceptors (Lipinski definition) is 4. The highest BCUT2D eigenvalue weighted by Gasteiger charge is 2.18. The molecule has 0 radical (unpaired) electrons. The van der Waals surface area contributed by atoms with E-state index in [2.05, 4.69) is 40.2 Å². The monoisotopic (exact) mass is 600 g/mol. The smallest absolute Gasteiger partial charge is 0.182 e. The van der Waals surface area contributed by atoms with Gasteiger partial charge < -0.3 is 13.4 Å². The zero-order valence-corrected chi connectivity index (χ0v) is 23.9. The van der Waals surface area contributed by atoms with Crippen LogP contribution in [0.4, 0.5) is 0 Å². The van der Waals surface area contributed by atoms with E-state index < -0.39 is 0 Å². The van der Waals surface area contributed by atoms with Gasteiger partial charge in [-0.25, -0.2) is 4.98 Å². The number of hydrogen-bond donors (Lipinski definition) is 0. The lowest BCUT2D eigenvalue weighted by molar-refractivity contribution is 0.0972. The molecule has 6 heteroatoms. The summed E-state index contributed by atoms with van der Waals surface area (Å²) < 4.78 is 15.6. The van der Waals surface area contributed by atoms with Gasteiger partial charge in [0.25, 0.3) is 0 Å². The van der Waals surface area contributed by atoms with Crippen molar-refractivity contribution in [2.45, 2.75) is 19.9 Å². The molecule has 0 aliphatic heterocycles. The lowest BCUT2D eigenvalue weighted by Gasteiger charge is -2.10. The molecule has 3 heterocycles. The fourth-order valence-electron chi connectivity index (χ4n) is 5.37. The first-order valence-corrected chi connectivity index (χ1v) is 14.2. The predicted molar refractivity (Wildman–Crippen MR) is 166 cm³/mol. The van der Waals surface area contributed by atoms with Gasteiger partial charge >= 0.3 is 0 Å². The molecule has 7 rings (SSSR count). The first-order chi connectivity index (χ1) is 20.0. The van der Waals surface area contributed by atoms with E-state index in [1.54, 1.807) is 0 Å². The molecule has 0 unspecified atom stereocenters. The van der Waals surface area contributed by atoms with Crippen LogP contribution in [-0.4, -0.2) is 15.3 Å². The fourth-order valence-corrected chi connectivity index (χ4v) is 5.63. The quantitative estimate of drug-likeness (QED) is 0.171. The molecule has 41 heavy (non-hydrogen) atoms. The summed E-state index contributed by atoms with van der Waals surface area (Å²) in [6.07, 6.45) is 2.74. The van der Waals surface area contributed by atoms with Crippen molar-refractivity contribution in [3.63, 3.8) is 0 Å². The van der Waals surface area contributed by atoms with Gasteiger partial charge in [0.15, 0.2) is 5.78 Å². The molecule has 0 aliphatic carbocycles. The van der Waals surface area contributed by atoms with E-state index >= 15 is 0 Å². The molecule has 0 saturated heterocycles. The third kappa shape index (κ3) is 4.81. The van der Waals surface area contributed by atoms with Crippen molar-refractivity contribution in [3.05, 3.63) is 142 Å². The lowest BCUT2D eigenvalue weighted by Crippen LogP contribution is -2.12. The van der Waals surface area contributed by atoms with Crippen LogP contribution in [-0.2, 0) is 13.0 Å². The average Bonchev–Trinajstić information content (AvgIpc) is 3.69. The molecule has 0 saturated carbocycles. The second kappa shape index (κ2) is 10.4. The number of aryl methyl sites for hydroxylation is 1. The van der Waals surface area contributed by atoms with Gasteiger partial charge in [-0.05, 0) is 61.4 Å². The minimum absolute atomic E-state index is 0.0375. The van der Waals surface area contributed by atoms with Crippen molar-refractivity contribution in [1.82, 2.24) is 9.55 Å². The summed E-state index contributed by atoms with van der Waals surface area (Å²) in [5.74, 6) is 2.33. The highest BCUT2D eigenvalue weighted by molar-refractivity contribution is 9.10. The number of fused-ring (bicyclic) bond motifs is 3. The van der Waals surface area contributed by atoms with E-state index in [-0.39, 0.29) is 12.3 Å². The fraction of sp³-hybridized carbons (Fsp3) is 0.0857. The molecule has 0 bridgehead atoms. The largest absolute Gasteiger partial charge is 0.456 e. The van der Waals surface area contributed by atoms with Crippen LogP contribution in [0.5, 0.6) is 0 Å². The maximum atomic E-state index is 13.2. The number of carbonyl (C=O) groups excluding carboxylic acids is 1. The van der Waals surface area contributed by atoms with Gasteiger partial charge in [-0.1, -0.05) is 82.7 Å². The van der Waals surface area contributed by atoms with Crippen LogP contribution < -0.4 is 0 Å². The van der Waals surface area contributed by atoms with Crippen molar-refractivity contribution >= 4 is 60.3 Å². The van der Waals surface area contributed by atoms with Crippen LogP contribution >= 0.6 is 15.9 Å². The van der Waals surface area contributed by atoms with Crippen LogP contribution in [0.2, 0.25) is 0 Å². The Morgan fingerprint density at radius 3 is 2.10 bits per heavy atom. The maximum absolute atomic E-state index is 13.2. The number of allylic oxidation sites excluding steroid dienone is 1. The van der Waals surface area contributed by atoms with Crippen molar-refractivity contribution in [1.29, 1.82) is 0 Å². The SMILES string of the molecule is Cc1nc2cccc(CC=C(c3cc4ccccc4o3)c3cc4ccccc4o3)c2n1CC(=O)c1ccc(Br)cc1. The number of carbonyl (C=O) groups is 1. The minimum atomic E-state index is 0.0375. The van der Waals surface area contributed by atoms with Gasteiger partial charge in [0.1, 0.15) is 28.5 Å². The van der Waals surface area contributed by atoms with Crippen LogP contribution in [0.15, 0.2) is 123 Å². The molecule has 4 aromatic carbocycles. The topological polar surface area (TPSA) is 61.2 Å². The first-order valence-electron chi connectivity index (χ1n) is 13.4. The van der Waals surface area contributed by atoms with Gasteiger partial charge in [0.2, 0.25) is 0 Å². The van der Waals surface area contributed by atoms with E-state index in [0.717, 1.165) is 65.9 Å².